The fraction of sp³-hybridized carbons (Fsp3) is 0.818. The molecule has 0 aromatic rings. The molecule has 0 aromatic heterocycles. The van der Waals surface area contributed by atoms with E-state index < -0.39 is 12.0 Å². The minimum absolute atomic E-state index is 0.0325. The Balaban J connectivity index is 2.71. The molecule has 4 nitrogen and oxygen atoms in total. The number of likely N-dealkylation sites (N-methyl/N-ethyl adjacent to an activating group) is 1. The molecule has 1 atom stereocenters. The molecule has 1 saturated carbocycles. The van der Waals surface area contributed by atoms with E-state index in [4.69, 9.17) is 5.11 Å². The third-order valence-electron chi connectivity index (χ3n) is 3.48. The van der Waals surface area contributed by atoms with Gasteiger partial charge in [0.05, 0.1) is 0 Å². The van der Waals surface area contributed by atoms with Gasteiger partial charge in [-0.05, 0) is 19.8 Å². The maximum atomic E-state index is 12.1. The van der Waals surface area contributed by atoms with Gasteiger partial charge in [-0.2, -0.15) is 0 Å². The third-order valence-corrected chi connectivity index (χ3v) is 3.48. The van der Waals surface area contributed by atoms with E-state index in [1.165, 1.54) is 4.90 Å². The quantitative estimate of drug-likeness (QED) is 0.772. The van der Waals surface area contributed by atoms with E-state index in [1.807, 2.05) is 6.92 Å². The van der Waals surface area contributed by atoms with Crippen molar-refractivity contribution in [3.8, 4) is 0 Å². The smallest absolute Gasteiger partial charge is 0.326 e. The summed E-state index contributed by atoms with van der Waals surface area (Å²) in [5, 5.41) is 8.83. The summed E-state index contributed by atoms with van der Waals surface area (Å²) in [5.74, 6) is -0.984. The maximum absolute atomic E-state index is 12.1. The predicted molar refractivity (Wildman–Crippen MR) is 56.4 cm³/mol. The summed E-state index contributed by atoms with van der Waals surface area (Å²) < 4.78 is 0. The Morgan fingerprint density at radius 1 is 1.33 bits per heavy atom. The number of hydrogen-bond donors (Lipinski definition) is 1. The Morgan fingerprint density at radius 3 is 2.20 bits per heavy atom. The molecule has 15 heavy (non-hydrogen) atoms. The van der Waals surface area contributed by atoms with Gasteiger partial charge in [-0.3, -0.25) is 4.79 Å². The van der Waals surface area contributed by atoms with Gasteiger partial charge in [-0.25, -0.2) is 4.79 Å². The van der Waals surface area contributed by atoms with Crippen LogP contribution in [0.15, 0.2) is 0 Å². The van der Waals surface area contributed by atoms with Crippen LogP contribution in [0.3, 0.4) is 0 Å². The lowest BCUT2D eigenvalue weighted by Gasteiger charge is -2.31. The number of amides is 1. The van der Waals surface area contributed by atoms with Gasteiger partial charge in [-0.1, -0.05) is 19.8 Å². The predicted octanol–water partition coefficient (Wildman–Crippen LogP) is 1.50. The summed E-state index contributed by atoms with van der Waals surface area (Å²) in [7, 11) is 1.57. The Labute approximate surface area is 90.3 Å². The van der Waals surface area contributed by atoms with Crippen LogP contribution in [0.4, 0.5) is 0 Å². The van der Waals surface area contributed by atoms with Crippen LogP contribution < -0.4 is 0 Å². The summed E-state index contributed by atoms with van der Waals surface area (Å²) in [5.41, 5.74) is -0.335. The number of aliphatic carboxylic acids is 1. The molecule has 1 aliphatic carbocycles. The number of carbonyl (C=O) groups excluding carboxylic acids is 1. The standard InChI is InChI=1S/C11H19NO3/c1-8(9(13)14)12(3)10(15)11(2)6-4-5-7-11/h8H,4-7H2,1-3H3,(H,13,14). The average Bonchev–Trinajstić information content (AvgIpc) is 2.62. The highest BCUT2D eigenvalue weighted by molar-refractivity contribution is 5.87. The van der Waals surface area contributed by atoms with Crippen LogP contribution in [-0.4, -0.2) is 35.0 Å². The number of hydrogen-bond acceptors (Lipinski definition) is 2. The number of carbonyl (C=O) groups is 2. The van der Waals surface area contributed by atoms with Gasteiger partial charge < -0.3 is 10.0 Å². The highest BCUT2D eigenvalue weighted by Gasteiger charge is 2.40. The Bertz CT molecular complexity index is 269. The average molecular weight is 213 g/mol. The topological polar surface area (TPSA) is 57.6 Å². The number of nitrogens with zero attached hydrogens (tertiary/aromatic N) is 1. The van der Waals surface area contributed by atoms with Crippen molar-refractivity contribution in [2.75, 3.05) is 7.05 Å². The first kappa shape index (κ1) is 12.0. The minimum atomic E-state index is -0.951. The van der Waals surface area contributed by atoms with Crippen molar-refractivity contribution in [3.63, 3.8) is 0 Å². The van der Waals surface area contributed by atoms with Gasteiger partial charge in [0.25, 0.3) is 0 Å². The van der Waals surface area contributed by atoms with E-state index >= 15 is 0 Å². The van der Waals surface area contributed by atoms with Crippen molar-refractivity contribution in [1.29, 1.82) is 0 Å². The van der Waals surface area contributed by atoms with Crippen molar-refractivity contribution in [1.82, 2.24) is 4.90 Å². The Kier molecular flexibility index (Phi) is 3.37. The molecule has 0 heterocycles. The molecule has 0 radical (unpaired) electrons. The Hall–Kier alpha value is -1.06. The first-order chi connectivity index (χ1) is 6.88. The van der Waals surface area contributed by atoms with Crippen molar-refractivity contribution < 1.29 is 14.7 Å². The second-order valence-electron chi connectivity index (χ2n) is 4.70. The zero-order valence-electron chi connectivity index (χ0n) is 9.62. The van der Waals surface area contributed by atoms with E-state index in [-0.39, 0.29) is 11.3 Å². The second kappa shape index (κ2) is 4.21. The van der Waals surface area contributed by atoms with E-state index in [9.17, 15) is 9.59 Å². The molecule has 0 saturated heterocycles. The van der Waals surface area contributed by atoms with Gasteiger partial charge in [0.15, 0.2) is 0 Å². The summed E-state index contributed by atoms with van der Waals surface area (Å²) in [6.45, 7) is 3.48. The van der Waals surface area contributed by atoms with E-state index in [1.54, 1.807) is 14.0 Å². The molecule has 0 aliphatic heterocycles. The first-order valence-electron chi connectivity index (χ1n) is 5.38. The molecule has 0 spiro atoms. The molecule has 4 heteroatoms. The van der Waals surface area contributed by atoms with Crippen LogP contribution >= 0.6 is 0 Å². The highest BCUT2D eigenvalue weighted by Crippen LogP contribution is 2.39. The summed E-state index contributed by atoms with van der Waals surface area (Å²) in [4.78, 5) is 24.2. The lowest BCUT2D eigenvalue weighted by molar-refractivity contribution is -0.152. The summed E-state index contributed by atoms with van der Waals surface area (Å²) >= 11 is 0. The molecule has 1 amide bonds. The lowest BCUT2D eigenvalue weighted by Crippen LogP contribution is -2.46. The first-order valence-corrected chi connectivity index (χ1v) is 5.38. The van der Waals surface area contributed by atoms with Gasteiger partial charge in [0.2, 0.25) is 5.91 Å². The van der Waals surface area contributed by atoms with Crippen molar-refractivity contribution in [3.05, 3.63) is 0 Å². The van der Waals surface area contributed by atoms with E-state index in [0.29, 0.717) is 0 Å². The summed E-state index contributed by atoms with van der Waals surface area (Å²) in [6.07, 6.45) is 3.89. The van der Waals surface area contributed by atoms with Crippen LogP contribution in [0.1, 0.15) is 39.5 Å². The monoisotopic (exact) mass is 213 g/mol. The van der Waals surface area contributed by atoms with Crippen LogP contribution in [0.25, 0.3) is 0 Å². The number of carboxylic acids is 1. The molecule has 0 aromatic carbocycles. The molecule has 0 bridgehead atoms. The van der Waals surface area contributed by atoms with Gasteiger partial charge in [-0.15, -0.1) is 0 Å². The molecular formula is C11H19NO3. The molecule has 1 fully saturated rings. The fourth-order valence-corrected chi connectivity index (χ4v) is 2.14. The maximum Gasteiger partial charge on any atom is 0.326 e. The normalized spacial score (nSPS) is 21.0. The van der Waals surface area contributed by atoms with E-state index in [0.717, 1.165) is 25.7 Å². The lowest BCUT2D eigenvalue weighted by atomic mass is 9.87. The fourth-order valence-electron chi connectivity index (χ4n) is 2.14. The molecular weight excluding hydrogens is 194 g/mol. The van der Waals surface area contributed by atoms with Crippen LogP contribution in [0, 0.1) is 5.41 Å². The number of rotatable bonds is 3. The van der Waals surface area contributed by atoms with Crippen molar-refractivity contribution in [2.24, 2.45) is 5.41 Å². The summed E-state index contributed by atoms with van der Waals surface area (Å²) in [6, 6.07) is -0.741. The largest absolute Gasteiger partial charge is 0.480 e. The van der Waals surface area contributed by atoms with Crippen LogP contribution in [0.2, 0.25) is 0 Å². The van der Waals surface area contributed by atoms with Crippen molar-refractivity contribution in [2.45, 2.75) is 45.6 Å². The third kappa shape index (κ3) is 2.30. The zero-order valence-corrected chi connectivity index (χ0v) is 9.62. The van der Waals surface area contributed by atoms with Crippen LogP contribution in [-0.2, 0) is 9.59 Å². The molecule has 86 valence electrons. The molecule has 1 aliphatic rings. The molecule has 1 rings (SSSR count). The highest BCUT2D eigenvalue weighted by atomic mass is 16.4. The van der Waals surface area contributed by atoms with E-state index in [2.05, 4.69) is 0 Å². The number of carboxylic acid groups (broad SMARTS) is 1. The molecule has 1 N–H and O–H groups in total. The Morgan fingerprint density at radius 2 is 1.80 bits per heavy atom. The van der Waals surface area contributed by atoms with Gasteiger partial charge >= 0.3 is 5.97 Å². The van der Waals surface area contributed by atoms with Gasteiger partial charge in [0, 0.05) is 12.5 Å². The van der Waals surface area contributed by atoms with Crippen molar-refractivity contribution >= 4 is 11.9 Å². The SMILES string of the molecule is CC(C(=O)O)N(C)C(=O)C1(C)CCCC1. The van der Waals surface area contributed by atoms with Gasteiger partial charge in [0.1, 0.15) is 6.04 Å². The minimum Gasteiger partial charge on any atom is -0.480 e. The molecule has 1 unspecified atom stereocenters. The van der Waals surface area contributed by atoms with Crippen LogP contribution in [0.5, 0.6) is 0 Å². The zero-order chi connectivity index (χ0) is 11.6. The second-order valence-corrected chi connectivity index (χ2v) is 4.70.